The van der Waals surface area contributed by atoms with E-state index < -0.39 is 11.9 Å². The van der Waals surface area contributed by atoms with Crippen LogP contribution >= 0.6 is 0 Å². The summed E-state index contributed by atoms with van der Waals surface area (Å²) >= 11 is 0. The van der Waals surface area contributed by atoms with Crippen molar-refractivity contribution in [2.75, 3.05) is 5.32 Å². The number of amides is 1. The second-order valence-electron chi connectivity index (χ2n) is 4.53. The Balaban J connectivity index is 1.97. The van der Waals surface area contributed by atoms with Crippen LogP contribution in [0.2, 0.25) is 0 Å². The molecule has 1 unspecified atom stereocenters. The fraction of sp³-hybridized carbons (Fsp3) is 0.188. The molecular formula is C16H16FNO3. The standard InChI is InChI=1S/C16H16FNO3/c1-11(21-15-5-3-2-4-14(15)17)16(20)18-13-8-6-12(10-19)7-9-13/h2-9,11,19H,10H2,1H3,(H,18,20). The monoisotopic (exact) mass is 289 g/mol. The highest BCUT2D eigenvalue weighted by Crippen LogP contribution is 2.18. The number of para-hydroxylation sites is 1. The summed E-state index contributed by atoms with van der Waals surface area (Å²) < 4.78 is 18.7. The van der Waals surface area contributed by atoms with Gasteiger partial charge < -0.3 is 15.2 Å². The number of carbonyl (C=O) groups is 1. The Morgan fingerprint density at radius 1 is 1.24 bits per heavy atom. The molecule has 5 heteroatoms. The van der Waals surface area contributed by atoms with E-state index >= 15 is 0 Å². The van der Waals surface area contributed by atoms with Gasteiger partial charge in [0.1, 0.15) is 0 Å². The minimum absolute atomic E-state index is 0.0378. The van der Waals surface area contributed by atoms with Crippen LogP contribution in [0, 0.1) is 5.82 Å². The van der Waals surface area contributed by atoms with Crippen molar-refractivity contribution in [3.63, 3.8) is 0 Å². The van der Waals surface area contributed by atoms with Gasteiger partial charge in [0.2, 0.25) is 0 Å². The van der Waals surface area contributed by atoms with Gasteiger partial charge in [-0.05, 0) is 36.8 Å². The maximum atomic E-state index is 13.4. The highest BCUT2D eigenvalue weighted by Gasteiger charge is 2.16. The van der Waals surface area contributed by atoms with Gasteiger partial charge in [-0.1, -0.05) is 24.3 Å². The van der Waals surface area contributed by atoms with Gasteiger partial charge in [0.15, 0.2) is 17.7 Å². The SMILES string of the molecule is CC(Oc1ccccc1F)C(=O)Nc1ccc(CO)cc1. The summed E-state index contributed by atoms with van der Waals surface area (Å²) in [5.41, 5.74) is 1.34. The van der Waals surface area contributed by atoms with Crippen molar-refractivity contribution in [2.45, 2.75) is 19.6 Å². The van der Waals surface area contributed by atoms with Crippen molar-refractivity contribution >= 4 is 11.6 Å². The number of halogens is 1. The molecule has 4 nitrogen and oxygen atoms in total. The average Bonchev–Trinajstić information content (AvgIpc) is 2.50. The van der Waals surface area contributed by atoms with E-state index in [0.29, 0.717) is 5.69 Å². The van der Waals surface area contributed by atoms with Crippen molar-refractivity contribution in [2.24, 2.45) is 0 Å². The van der Waals surface area contributed by atoms with E-state index in [1.807, 2.05) is 0 Å². The number of aliphatic hydroxyl groups excluding tert-OH is 1. The fourth-order valence-electron chi connectivity index (χ4n) is 1.72. The summed E-state index contributed by atoms with van der Waals surface area (Å²) in [4.78, 5) is 12.0. The lowest BCUT2D eigenvalue weighted by Crippen LogP contribution is -2.30. The summed E-state index contributed by atoms with van der Waals surface area (Å²) in [6.45, 7) is 1.49. The molecule has 1 atom stereocenters. The number of aliphatic hydroxyl groups is 1. The van der Waals surface area contributed by atoms with Gasteiger partial charge >= 0.3 is 0 Å². The lowest BCUT2D eigenvalue weighted by molar-refractivity contribution is -0.122. The van der Waals surface area contributed by atoms with Crippen molar-refractivity contribution in [3.8, 4) is 5.75 Å². The molecule has 0 saturated carbocycles. The van der Waals surface area contributed by atoms with Crippen molar-refractivity contribution < 1.29 is 19.0 Å². The maximum Gasteiger partial charge on any atom is 0.265 e. The van der Waals surface area contributed by atoms with Crippen LogP contribution in [0.3, 0.4) is 0 Å². The van der Waals surface area contributed by atoms with Crippen molar-refractivity contribution in [1.82, 2.24) is 0 Å². The first-order chi connectivity index (χ1) is 10.1. The minimum atomic E-state index is -0.834. The summed E-state index contributed by atoms with van der Waals surface area (Å²) in [5, 5.41) is 11.6. The van der Waals surface area contributed by atoms with E-state index in [9.17, 15) is 9.18 Å². The van der Waals surface area contributed by atoms with Gasteiger partial charge in [0, 0.05) is 5.69 Å². The zero-order valence-corrected chi connectivity index (χ0v) is 11.5. The smallest absolute Gasteiger partial charge is 0.265 e. The predicted octanol–water partition coefficient (Wildman–Crippen LogP) is 2.72. The summed E-state index contributed by atoms with van der Waals surface area (Å²) in [7, 11) is 0. The van der Waals surface area contributed by atoms with Crippen LogP contribution in [0.15, 0.2) is 48.5 Å². The van der Waals surface area contributed by atoms with Crippen LogP contribution in [0.25, 0.3) is 0 Å². The topological polar surface area (TPSA) is 58.6 Å². The van der Waals surface area contributed by atoms with Gasteiger partial charge in [-0.25, -0.2) is 4.39 Å². The lowest BCUT2D eigenvalue weighted by Gasteiger charge is -2.15. The number of benzene rings is 2. The van der Waals surface area contributed by atoms with Crippen LogP contribution in [0.5, 0.6) is 5.75 Å². The van der Waals surface area contributed by atoms with Gasteiger partial charge in [-0.2, -0.15) is 0 Å². The molecule has 2 aromatic rings. The van der Waals surface area contributed by atoms with E-state index in [4.69, 9.17) is 9.84 Å². The first-order valence-electron chi connectivity index (χ1n) is 6.52. The number of carbonyl (C=O) groups excluding carboxylic acids is 1. The van der Waals surface area contributed by atoms with Crippen molar-refractivity contribution in [3.05, 3.63) is 59.9 Å². The van der Waals surface area contributed by atoms with Gasteiger partial charge in [0.25, 0.3) is 5.91 Å². The first-order valence-corrected chi connectivity index (χ1v) is 6.52. The molecule has 2 rings (SSSR count). The Morgan fingerprint density at radius 3 is 2.52 bits per heavy atom. The molecule has 0 spiro atoms. The predicted molar refractivity (Wildman–Crippen MR) is 77.5 cm³/mol. The Bertz CT molecular complexity index is 613. The Hall–Kier alpha value is -2.40. The second kappa shape index (κ2) is 6.85. The molecule has 2 aromatic carbocycles. The molecule has 0 radical (unpaired) electrons. The van der Waals surface area contributed by atoms with Crippen LogP contribution in [-0.2, 0) is 11.4 Å². The number of ether oxygens (including phenoxy) is 1. The molecule has 0 aromatic heterocycles. The second-order valence-corrected chi connectivity index (χ2v) is 4.53. The molecule has 0 aliphatic rings. The summed E-state index contributed by atoms with van der Waals surface area (Å²) in [6.07, 6.45) is -0.834. The number of nitrogens with one attached hydrogen (secondary N) is 1. The van der Waals surface area contributed by atoms with Crippen LogP contribution in [-0.4, -0.2) is 17.1 Å². The first kappa shape index (κ1) is 15.0. The van der Waals surface area contributed by atoms with E-state index in [1.54, 1.807) is 43.3 Å². The molecule has 110 valence electrons. The summed E-state index contributed by atoms with van der Waals surface area (Å²) in [6, 6.07) is 12.7. The Kier molecular flexibility index (Phi) is 4.90. The Morgan fingerprint density at radius 2 is 1.90 bits per heavy atom. The number of hydrogen-bond acceptors (Lipinski definition) is 3. The van der Waals surface area contributed by atoms with E-state index in [1.165, 1.54) is 12.1 Å². The van der Waals surface area contributed by atoms with Crippen LogP contribution < -0.4 is 10.1 Å². The minimum Gasteiger partial charge on any atom is -0.478 e. The van der Waals surface area contributed by atoms with Crippen LogP contribution in [0.1, 0.15) is 12.5 Å². The fourth-order valence-corrected chi connectivity index (χ4v) is 1.72. The number of hydrogen-bond donors (Lipinski definition) is 2. The lowest BCUT2D eigenvalue weighted by atomic mass is 10.2. The zero-order chi connectivity index (χ0) is 15.2. The molecule has 1 amide bonds. The molecule has 0 saturated heterocycles. The van der Waals surface area contributed by atoms with Crippen LogP contribution in [0.4, 0.5) is 10.1 Å². The molecular weight excluding hydrogens is 273 g/mol. The van der Waals surface area contributed by atoms with Gasteiger partial charge in [-0.3, -0.25) is 4.79 Å². The zero-order valence-electron chi connectivity index (χ0n) is 11.5. The third-order valence-electron chi connectivity index (χ3n) is 2.91. The quantitative estimate of drug-likeness (QED) is 0.889. The normalized spacial score (nSPS) is 11.8. The molecule has 0 heterocycles. The molecule has 2 N–H and O–H groups in total. The molecule has 21 heavy (non-hydrogen) atoms. The molecule has 0 aliphatic carbocycles. The summed E-state index contributed by atoms with van der Waals surface area (Å²) in [5.74, 6) is -0.852. The highest BCUT2D eigenvalue weighted by atomic mass is 19.1. The van der Waals surface area contributed by atoms with Crippen molar-refractivity contribution in [1.29, 1.82) is 0 Å². The largest absolute Gasteiger partial charge is 0.478 e. The highest BCUT2D eigenvalue weighted by molar-refractivity contribution is 5.94. The van der Waals surface area contributed by atoms with Gasteiger partial charge in [0.05, 0.1) is 6.61 Å². The average molecular weight is 289 g/mol. The van der Waals surface area contributed by atoms with E-state index in [-0.39, 0.29) is 18.3 Å². The third kappa shape index (κ3) is 4.03. The number of rotatable bonds is 5. The Labute approximate surface area is 122 Å². The number of anilines is 1. The maximum absolute atomic E-state index is 13.4. The van der Waals surface area contributed by atoms with E-state index in [0.717, 1.165) is 5.56 Å². The molecule has 0 bridgehead atoms. The van der Waals surface area contributed by atoms with Gasteiger partial charge in [-0.15, -0.1) is 0 Å². The van der Waals surface area contributed by atoms with E-state index in [2.05, 4.69) is 5.32 Å². The third-order valence-corrected chi connectivity index (χ3v) is 2.91. The molecule has 0 aliphatic heterocycles. The molecule has 0 fully saturated rings.